The third-order valence-electron chi connectivity index (χ3n) is 2.68. The largest absolute Gasteiger partial charge is 0.376 e. The van der Waals surface area contributed by atoms with Gasteiger partial charge in [0.1, 0.15) is 6.54 Å². The standard InChI is InChI=1S/C13H15N3O2S/c1-9-4-5-12(19-9)11(17)8-16-13(18)6-10(7-14-16)15(2)3/h4-7H,8H2,1-3H3. The van der Waals surface area contributed by atoms with Crippen molar-refractivity contribution in [3.05, 3.63) is 44.5 Å². The van der Waals surface area contributed by atoms with Gasteiger partial charge < -0.3 is 4.90 Å². The highest BCUT2D eigenvalue weighted by Gasteiger charge is 2.11. The first-order valence-electron chi connectivity index (χ1n) is 5.81. The number of nitrogens with zero attached hydrogens (tertiary/aromatic N) is 3. The van der Waals surface area contributed by atoms with Crippen molar-refractivity contribution in [3.63, 3.8) is 0 Å². The maximum absolute atomic E-state index is 12.0. The van der Waals surface area contributed by atoms with Crippen molar-refractivity contribution in [3.8, 4) is 0 Å². The van der Waals surface area contributed by atoms with E-state index in [1.54, 1.807) is 17.2 Å². The Morgan fingerprint density at radius 2 is 2.16 bits per heavy atom. The molecule has 0 unspecified atom stereocenters. The molecule has 0 fully saturated rings. The predicted molar refractivity (Wildman–Crippen MR) is 76.2 cm³/mol. The molecule has 0 aliphatic heterocycles. The molecule has 0 aliphatic carbocycles. The van der Waals surface area contributed by atoms with Crippen molar-refractivity contribution in [2.75, 3.05) is 19.0 Å². The third-order valence-corrected chi connectivity index (χ3v) is 3.72. The van der Waals surface area contributed by atoms with Gasteiger partial charge >= 0.3 is 0 Å². The van der Waals surface area contributed by atoms with Gasteiger partial charge in [-0.05, 0) is 19.1 Å². The van der Waals surface area contributed by atoms with E-state index in [1.807, 2.05) is 27.1 Å². The molecule has 2 aromatic rings. The molecule has 0 N–H and O–H groups in total. The average Bonchev–Trinajstić information content (AvgIpc) is 2.78. The predicted octanol–water partition coefficient (Wildman–Crippen LogP) is 1.56. The zero-order valence-electron chi connectivity index (χ0n) is 11.1. The summed E-state index contributed by atoms with van der Waals surface area (Å²) in [5.74, 6) is -0.0923. The van der Waals surface area contributed by atoms with Crippen molar-refractivity contribution in [2.45, 2.75) is 13.5 Å². The van der Waals surface area contributed by atoms with Crippen LogP contribution in [0, 0.1) is 6.92 Å². The minimum absolute atomic E-state index is 0.0213. The van der Waals surface area contributed by atoms with Crippen LogP contribution in [0.3, 0.4) is 0 Å². The molecule has 0 saturated carbocycles. The minimum Gasteiger partial charge on any atom is -0.376 e. The van der Waals surface area contributed by atoms with E-state index in [4.69, 9.17) is 0 Å². The molecule has 0 saturated heterocycles. The van der Waals surface area contributed by atoms with Crippen LogP contribution in [0.25, 0.3) is 0 Å². The normalized spacial score (nSPS) is 10.5. The molecule has 0 spiro atoms. The summed E-state index contributed by atoms with van der Waals surface area (Å²) < 4.78 is 1.18. The molecule has 2 aromatic heterocycles. The monoisotopic (exact) mass is 277 g/mol. The second-order valence-corrected chi connectivity index (χ2v) is 5.73. The maximum atomic E-state index is 12.0. The highest BCUT2D eigenvalue weighted by Crippen LogP contribution is 2.16. The SMILES string of the molecule is Cc1ccc(C(=O)Cn2ncc(N(C)C)cc2=O)s1. The molecule has 2 heterocycles. The first-order valence-corrected chi connectivity index (χ1v) is 6.63. The van der Waals surface area contributed by atoms with Gasteiger partial charge in [-0.15, -0.1) is 11.3 Å². The van der Waals surface area contributed by atoms with Crippen LogP contribution in [-0.4, -0.2) is 29.7 Å². The lowest BCUT2D eigenvalue weighted by Gasteiger charge is -2.11. The Morgan fingerprint density at radius 3 is 2.68 bits per heavy atom. The first-order chi connectivity index (χ1) is 8.97. The second-order valence-electron chi connectivity index (χ2n) is 4.44. The van der Waals surface area contributed by atoms with Crippen molar-refractivity contribution in [2.24, 2.45) is 0 Å². The summed E-state index contributed by atoms with van der Waals surface area (Å²) in [7, 11) is 3.67. The third kappa shape index (κ3) is 3.08. The fourth-order valence-corrected chi connectivity index (χ4v) is 2.38. The van der Waals surface area contributed by atoms with Crippen LogP contribution in [0.5, 0.6) is 0 Å². The number of rotatable bonds is 4. The summed E-state index contributed by atoms with van der Waals surface area (Å²) in [6.07, 6.45) is 1.58. The van der Waals surface area contributed by atoms with Crippen LogP contribution in [0.4, 0.5) is 5.69 Å². The van der Waals surface area contributed by atoms with Gasteiger partial charge in [0.15, 0.2) is 5.78 Å². The number of carbonyl (C=O) groups excluding carboxylic acids is 1. The van der Waals surface area contributed by atoms with Crippen molar-refractivity contribution in [1.29, 1.82) is 0 Å². The molecule has 6 heteroatoms. The van der Waals surface area contributed by atoms with Crippen molar-refractivity contribution in [1.82, 2.24) is 9.78 Å². The highest BCUT2D eigenvalue weighted by molar-refractivity contribution is 7.14. The quantitative estimate of drug-likeness (QED) is 0.796. The van der Waals surface area contributed by atoms with Gasteiger partial charge in [-0.2, -0.15) is 5.10 Å². The van der Waals surface area contributed by atoms with Gasteiger partial charge in [0, 0.05) is 25.0 Å². The number of anilines is 1. The highest BCUT2D eigenvalue weighted by atomic mass is 32.1. The molecule has 100 valence electrons. The summed E-state index contributed by atoms with van der Waals surface area (Å²) in [5, 5.41) is 4.02. The molecule has 0 aromatic carbocycles. The van der Waals surface area contributed by atoms with Crippen LogP contribution >= 0.6 is 11.3 Å². The topological polar surface area (TPSA) is 55.2 Å². The van der Waals surface area contributed by atoms with E-state index in [9.17, 15) is 9.59 Å². The average molecular weight is 277 g/mol. The van der Waals surface area contributed by atoms with Gasteiger partial charge in [0.05, 0.1) is 16.8 Å². The van der Waals surface area contributed by atoms with E-state index in [0.29, 0.717) is 4.88 Å². The maximum Gasteiger partial charge on any atom is 0.269 e. The van der Waals surface area contributed by atoms with E-state index >= 15 is 0 Å². The minimum atomic E-state index is -0.271. The fraction of sp³-hybridized carbons (Fsp3) is 0.308. The molecule has 2 rings (SSSR count). The number of carbonyl (C=O) groups is 1. The lowest BCUT2D eigenvalue weighted by atomic mass is 10.3. The summed E-state index contributed by atoms with van der Waals surface area (Å²) >= 11 is 1.43. The summed E-state index contributed by atoms with van der Waals surface area (Å²) in [6, 6.07) is 5.14. The first kappa shape index (κ1) is 13.5. The summed E-state index contributed by atoms with van der Waals surface area (Å²) in [5.41, 5.74) is 0.452. The zero-order valence-corrected chi connectivity index (χ0v) is 11.9. The molecule has 5 nitrogen and oxygen atoms in total. The Kier molecular flexibility index (Phi) is 3.80. The Morgan fingerprint density at radius 1 is 1.42 bits per heavy atom. The number of Topliss-reactive ketones (excluding diaryl/α,β-unsaturated/α-hetero) is 1. The number of hydrogen-bond acceptors (Lipinski definition) is 5. The van der Waals surface area contributed by atoms with E-state index in [2.05, 4.69) is 5.10 Å². The van der Waals surface area contributed by atoms with Gasteiger partial charge in [-0.3, -0.25) is 9.59 Å². The number of aryl methyl sites for hydroxylation is 1. The summed E-state index contributed by atoms with van der Waals surface area (Å²) in [4.78, 5) is 27.4. The van der Waals surface area contributed by atoms with Crippen LogP contribution in [0.2, 0.25) is 0 Å². The molecule has 0 atom stereocenters. The second kappa shape index (κ2) is 5.36. The van der Waals surface area contributed by atoms with Gasteiger partial charge in [-0.25, -0.2) is 4.68 Å². The number of thiophene rings is 1. The van der Waals surface area contributed by atoms with Gasteiger partial charge in [0.25, 0.3) is 5.56 Å². The van der Waals surface area contributed by atoms with Crippen LogP contribution in [0.1, 0.15) is 14.5 Å². The smallest absolute Gasteiger partial charge is 0.269 e. The number of hydrogen-bond donors (Lipinski definition) is 0. The van der Waals surface area contributed by atoms with Gasteiger partial charge in [0.2, 0.25) is 0 Å². The Bertz CT molecular complexity index is 658. The molecule has 0 radical (unpaired) electrons. The van der Waals surface area contributed by atoms with Crippen LogP contribution in [0.15, 0.2) is 29.2 Å². The molecular formula is C13H15N3O2S. The molecule has 0 aliphatic rings. The number of ketones is 1. The van der Waals surface area contributed by atoms with E-state index in [0.717, 1.165) is 10.6 Å². The fourth-order valence-electron chi connectivity index (χ4n) is 1.59. The lowest BCUT2D eigenvalue weighted by Crippen LogP contribution is -2.27. The zero-order chi connectivity index (χ0) is 14.0. The van der Waals surface area contributed by atoms with Crippen LogP contribution < -0.4 is 10.5 Å². The Hall–Kier alpha value is -1.95. The van der Waals surface area contributed by atoms with E-state index in [1.165, 1.54) is 22.1 Å². The summed E-state index contributed by atoms with van der Waals surface area (Å²) in [6.45, 7) is 1.92. The Labute approximate surface area is 115 Å². The van der Waals surface area contributed by atoms with Crippen molar-refractivity contribution >= 4 is 22.8 Å². The van der Waals surface area contributed by atoms with Crippen molar-refractivity contribution < 1.29 is 4.79 Å². The Balaban J connectivity index is 2.20. The van der Waals surface area contributed by atoms with E-state index in [-0.39, 0.29) is 17.9 Å². The molecular weight excluding hydrogens is 262 g/mol. The van der Waals surface area contributed by atoms with Crippen LogP contribution in [-0.2, 0) is 6.54 Å². The number of aromatic nitrogens is 2. The van der Waals surface area contributed by atoms with Gasteiger partial charge in [-0.1, -0.05) is 0 Å². The molecule has 0 bridgehead atoms. The molecule has 0 amide bonds. The van der Waals surface area contributed by atoms with E-state index < -0.39 is 0 Å². The lowest BCUT2D eigenvalue weighted by molar-refractivity contribution is 0.0969. The molecule has 19 heavy (non-hydrogen) atoms.